The molecule has 1 aliphatic rings. The van der Waals surface area contributed by atoms with Gasteiger partial charge < -0.3 is 10.2 Å². The fraction of sp³-hybridized carbons (Fsp3) is 0.562. The van der Waals surface area contributed by atoms with Crippen LogP contribution in [0.1, 0.15) is 25.3 Å². The number of aliphatic imine (C=N–C) groups is 1. The second-order valence-electron chi connectivity index (χ2n) is 5.42. The minimum Gasteiger partial charge on any atom is -0.352 e. The number of rotatable bonds is 3. The largest absolute Gasteiger partial charge is 0.352 e. The number of hydrogen-bond donors (Lipinski definition) is 1. The van der Waals surface area contributed by atoms with Gasteiger partial charge in [-0.3, -0.25) is 4.99 Å². The van der Waals surface area contributed by atoms with Gasteiger partial charge in [0.15, 0.2) is 5.96 Å². The van der Waals surface area contributed by atoms with Gasteiger partial charge in [0.2, 0.25) is 0 Å². The molecular formula is C16H25N3S. The monoisotopic (exact) mass is 291 g/mol. The normalized spacial score (nSPS) is 17.4. The molecule has 110 valence electrons. The highest BCUT2D eigenvalue weighted by Crippen LogP contribution is 2.17. The van der Waals surface area contributed by atoms with Crippen molar-refractivity contribution in [3.63, 3.8) is 0 Å². The molecule has 0 unspecified atom stereocenters. The van der Waals surface area contributed by atoms with E-state index in [9.17, 15) is 0 Å². The van der Waals surface area contributed by atoms with Gasteiger partial charge in [-0.25, -0.2) is 0 Å². The first kappa shape index (κ1) is 15.2. The van der Waals surface area contributed by atoms with Crippen molar-refractivity contribution in [2.75, 3.05) is 26.4 Å². The number of benzene rings is 1. The van der Waals surface area contributed by atoms with E-state index in [2.05, 4.69) is 52.7 Å². The highest BCUT2D eigenvalue weighted by Gasteiger charge is 2.18. The van der Waals surface area contributed by atoms with Crippen LogP contribution in [0.3, 0.4) is 0 Å². The average molecular weight is 291 g/mol. The molecule has 2 rings (SSSR count). The maximum Gasteiger partial charge on any atom is 0.193 e. The third-order valence-electron chi connectivity index (χ3n) is 3.90. The summed E-state index contributed by atoms with van der Waals surface area (Å²) in [6, 6.07) is 8.72. The van der Waals surface area contributed by atoms with Gasteiger partial charge in [-0.1, -0.05) is 19.1 Å². The molecule has 20 heavy (non-hydrogen) atoms. The third kappa shape index (κ3) is 4.17. The Morgan fingerprint density at radius 3 is 2.50 bits per heavy atom. The number of piperidine rings is 1. The van der Waals surface area contributed by atoms with Crippen molar-refractivity contribution in [3.05, 3.63) is 29.8 Å². The number of thioether (sulfide) groups is 1. The van der Waals surface area contributed by atoms with Crippen LogP contribution in [0.15, 0.2) is 34.2 Å². The number of hydrogen-bond acceptors (Lipinski definition) is 2. The Hall–Kier alpha value is -1.16. The predicted molar refractivity (Wildman–Crippen MR) is 88.4 cm³/mol. The van der Waals surface area contributed by atoms with E-state index in [0.717, 1.165) is 31.5 Å². The van der Waals surface area contributed by atoms with Crippen molar-refractivity contribution in [1.29, 1.82) is 0 Å². The van der Waals surface area contributed by atoms with Gasteiger partial charge in [-0.15, -0.1) is 11.8 Å². The highest BCUT2D eigenvalue weighted by atomic mass is 32.2. The van der Waals surface area contributed by atoms with E-state index in [1.165, 1.54) is 23.3 Å². The van der Waals surface area contributed by atoms with E-state index >= 15 is 0 Å². The van der Waals surface area contributed by atoms with Crippen molar-refractivity contribution >= 4 is 17.7 Å². The number of nitrogens with zero attached hydrogens (tertiary/aromatic N) is 2. The molecule has 0 aromatic heterocycles. The molecule has 4 heteroatoms. The fourth-order valence-electron chi connectivity index (χ4n) is 2.48. The highest BCUT2D eigenvalue weighted by molar-refractivity contribution is 7.98. The minimum absolute atomic E-state index is 0.841. The zero-order valence-electron chi connectivity index (χ0n) is 12.7. The molecule has 1 aliphatic heterocycles. The Balaban J connectivity index is 1.87. The quantitative estimate of drug-likeness (QED) is 0.526. The Morgan fingerprint density at radius 1 is 1.30 bits per heavy atom. The molecule has 0 amide bonds. The van der Waals surface area contributed by atoms with Gasteiger partial charge >= 0.3 is 0 Å². The molecule has 0 saturated carbocycles. The zero-order chi connectivity index (χ0) is 14.4. The molecule has 1 fully saturated rings. The van der Waals surface area contributed by atoms with Crippen molar-refractivity contribution in [2.45, 2.75) is 31.2 Å². The fourth-order valence-corrected chi connectivity index (χ4v) is 2.89. The van der Waals surface area contributed by atoms with Gasteiger partial charge in [0.25, 0.3) is 0 Å². The molecule has 1 saturated heterocycles. The molecule has 0 radical (unpaired) electrons. The van der Waals surface area contributed by atoms with E-state index in [-0.39, 0.29) is 0 Å². The van der Waals surface area contributed by atoms with Crippen molar-refractivity contribution < 1.29 is 0 Å². The van der Waals surface area contributed by atoms with E-state index in [1.54, 1.807) is 11.8 Å². The van der Waals surface area contributed by atoms with Crippen LogP contribution in [0.2, 0.25) is 0 Å². The SMILES string of the molecule is CN=C(NCc1ccc(SC)cc1)N1CCC(C)CC1. The minimum atomic E-state index is 0.841. The van der Waals surface area contributed by atoms with E-state index in [0.29, 0.717) is 0 Å². The topological polar surface area (TPSA) is 27.6 Å². The molecule has 0 spiro atoms. The van der Waals surface area contributed by atoms with Crippen LogP contribution in [-0.4, -0.2) is 37.3 Å². The number of nitrogens with one attached hydrogen (secondary N) is 1. The summed E-state index contributed by atoms with van der Waals surface area (Å²) in [5.41, 5.74) is 1.30. The Kier molecular flexibility index (Phi) is 5.77. The van der Waals surface area contributed by atoms with Crippen LogP contribution in [0.4, 0.5) is 0 Å². The Labute approximate surface area is 126 Å². The summed E-state index contributed by atoms with van der Waals surface area (Å²) in [6.07, 6.45) is 4.64. The van der Waals surface area contributed by atoms with Crippen molar-refractivity contribution in [2.24, 2.45) is 10.9 Å². The second kappa shape index (κ2) is 7.58. The van der Waals surface area contributed by atoms with Crippen LogP contribution >= 0.6 is 11.8 Å². The van der Waals surface area contributed by atoms with E-state index < -0.39 is 0 Å². The Bertz CT molecular complexity index is 434. The summed E-state index contributed by atoms with van der Waals surface area (Å²) < 4.78 is 0. The summed E-state index contributed by atoms with van der Waals surface area (Å²) in [5, 5.41) is 3.48. The summed E-state index contributed by atoms with van der Waals surface area (Å²) >= 11 is 1.78. The molecular weight excluding hydrogens is 266 g/mol. The zero-order valence-corrected chi connectivity index (χ0v) is 13.5. The molecule has 1 N–H and O–H groups in total. The van der Waals surface area contributed by atoms with Crippen LogP contribution in [0.5, 0.6) is 0 Å². The number of guanidine groups is 1. The predicted octanol–water partition coefficient (Wildman–Crippen LogP) is 3.22. The summed E-state index contributed by atoms with van der Waals surface area (Å²) in [4.78, 5) is 8.09. The van der Waals surface area contributed by atoms with Gasteiger partial charge in [0.05, 0.1) is 0 Å². The summed E-state index contributed by atoms with van der Waals surface area (Å²) in [5.74, 6) is 1.88. The van der Waals surface area contributed by atoms with Crippen molar-refractivity contribution in [3.8, 4) is 0 Å². The molecule has 0 atom stereocenters. The number of likely N-dealkylation sites (tertiary alicyclic amines) is 1. The maximum absolute atomic E-state index is 4.41. The van der Waals surface area contributed by atoms with Crippen LogP contribution < -0.4 is 5.32 Å². The van der Waals surface area contributed by atoms with Gasteiger partial charge in [0.1, 0.15) is 0 Å². The summed E-state index contributed by atoms with van der Waals surface area (Å²) in [6.45, 7) is 5.41. The molecule has 1 aromatic carbocycles. The first-order valence-corrected chi connectivity index (χ1v) is 8.54. The van der Waals surface area contributed by atoms with Gasteiger partial charge in [-0.05, 0) is 42.7 Å². The van der Waals surface area contributed by atoms with Gasteiger partial charge in [-0.2, -0.15) is 0 Å². The van der Waals surface area contributed by atoms with E-state index in [4.69, 9.17) is 0 Å². The molecule has 0 aliphatic carbocycles. The molecule has 3 nitrogen and oxygen atoms in total. The lowest BCUT2D eigenvalue weighted by atomic mass is 10.00. The molecule has 1 heterocycles. The molecule has 1 aromatic rings. The third-order valence-corrected chi connectivity index (χ3v) is 4.65. The first-order chi connectivity index (χ1) is 9.72. The lowest BCUT2D eigenvalue weighted by Crippen LogP contribution is -2.45. The maximum atomic E-state index is 4.41. The first-order valence-electron chi connectivity index (χ1n) is 7.31. The van der Waals surface area contributed by atoms with Crippen LogP contribution in [0, 0.1) is 5.92 Å². The summed E-state index contributed by atoms with van der Waals surface area (Å²) in [7, 11) is 1.87. The van der Waals surface area contributed by atoms with Crippen molar-refractivity contribution in [1.82, 2.24) is 10.2 Å². The van der Waals surface area contributed by atoms with Crippen LogP contribution in [0.25, 0.3) is 0 Å². The van der Waals surface area contributed by atoms with Crippen LogP contribution in [-0.2, 0) is 6.54 Å². The smallest absolute Gasteiger partial charge is 0.193 e. The van der Waals surface area contributed by atoms with E-state index in [1.807, 2.05) is 7.05 Å². The van der Waals surface area contributed by atoms with Gasteiger partial charge in [0, 0.05) is 31.6 Å². The standard InChI is InChI=1S/C16H25N3S/c1-13-8-10-19(11-9-13)16(17-2)18-12-14-4-6-15(20-3)7-5-14/h4-7,13H,8-12H2,1-3H3,(H,17,18). The molecule has 0 bridgehead atoms. The average Bonchev–Trinajstić information content (AvgIpc) is 2.50. The lowest BCUT2D eigenvalue weighted by Gasteiger charge is -2.32. The second-order valence-corrected chi connectivity index (χ2v) is 6.30. The lowest BCUT2D eigenvalue weighted by molar-refractivity contribution is 0.273. The Morgan fingerprint density at radius 2 is 1.95 bits per heavy atom.